The lowest BCUT2D eigenvalue weighted by molar-refractivity contribution is 0.246. The van der Waals surface area contributed by atoms with E-state index in [9.17, 15) is 8.42 Å². The molecule has 1 fully saturated rings. The van der Waals surface area contributed by atoms with Gasteiger partial charge in [-0.2, -0.15) is 4.31 Å². The van der Waals surface area contributed by atoms with Gasteiger partial charge >= 0.3 is 0 Å². The summed E-state index contributed by atoms with van der Waals surface area (Å²) in [5.74, 6) is 0.278. The summed E-state index contributed by atoms with van der Waals surface area (Å²) in [5, 5.41) is 0.408. The Labute approximate surface area is 130 Å². The molecule has 1 saturated heterocycles. The van der Waals surface area contributed by atoms with Gasteiger partial charge in [-0.25, -0.2) is 8.42 Å². The number of alkyl halides is 1. The summed E-state index contributed by atoms with van der Waals surface area (Å²) in [5.41, 5.74) is 0.748. The predicted molar refractivity (Wildman–Crippen MR) is 82.8 cm³/mol. The Bertz CT molecular complexity index is 575. The van der Waals surface area contributed by atoms with Gasteiger partial charge in [0, 0.05) is 23.5 Å². The number of sulfonamides is 1. The predicted octanol–water partition coefficient (Wildman–Crippen LogP) is 4.03. The summed E-state index contributed by atoms with van der Waals surface area (Å²) in [7, 11) is -3.46. The zero-order valence-electron chi connectivity index (χ0n) is 11.5. The second-order valence-corrected chi connectivity index (χ2v) is 7.63. The van der Waals surface area contributed by atoms with E-state index in [4.69, 9.17) is 23.2 Å². The van der Waals surface area contributed by atoms with Crippen molar-refractivity contribution in [1.29, 1.82) is 0 Å². The quantitative estimate of drug-likeness (QED) is 0.779. The minimum Gasteiger partial charge on any atom is -0.207 e. The zero-order chi connectivity index (χ0) is 14.8. The topological polar surface area (TPSA) is 37.4 Å². The Kier molecular flexibility index (Phi) is 5.35. The van der Waals surface area contributed by atoms with Crippen molar-refractivity contribution in [2.45, 2.75) is 49.4 Å². The Balaban J connectivity index is 2.36. The normalized spacial score (nSPS) is 21.1. The summed E-state index contributed by atoms with van der Waals surface area (Å²) in [6, 6.07) is 4.89. The lowest BCUT2D eigenvalue weighted by atomic mass is 10.0. The second kappa shape index (κ2) is 6.65. The van der Waals surface area contributed by atoms with Crippen molar-refractivity contribution in [2.75, 3.05) is 6.54 Å². The first-order valence-electron chi connectivity index (χ1n) is 6.87. The number of rotatable bonds is 4. The van der Waals surface area contributed by atoms with Gasteiger partial charge in [0.1, 0.15) is 0 Å². The fourth-order valence-electron chi connectivity index (χ4n) is 2.63. The van der Waals surface area contributed by atoms with Crippen molar-refractivity contribution in [3.63, 3.8) is 0 Å². The molecule has 1 atom stereocenters. The SMILES string of the molecule is CCC1CCCCN1S(=O)(=O)c1ccc(CCl)c(Cl)c1. The molecule has 3 nitrogen and oxygen atoms in total. The van der Waals surface area contributed by atoms with Crippen molar-refractivity contribution in [3.8, 4) is 0 Å². The van der Waals surface area contributed by atoms with E-state index in [0.717, 1.165) is 31.2 Å². The van der Waals surface area contributed by atoms with Crippen molar-refractivity contribution >= 4 is 33.2 Å². The van der Waals surface area contributed by atoms with Gasteiger partial charge in [-0.3, -0.25) is 0 Å². The fraction of sp³-hybridized carbons (Fsp3) is 0.571. The summed E-state index contributed by atoms with van der Waals surface area (Å²) in [6.07, 6.45) is 3.79. The van der Waals surface area contributed by atoms with Gasteiger partial charge in [0.15, 0.2) is 0 Å². The number of nitrogens with zero attached hydrogens (tertiary/aromatic N) is 1. The summed E-state index contributed by atoms with van der Waals surface area (Å²) in [4.78, 5) is 0.261. The maximum absolute atomic E-state index is 12.7. The van der Waals surface area contributed by atoms with Crippen molar-refractivity contribution in [1.82, 2.24) is 4.31 Å². The highest BCUT2D eigenvalue weighted by Gasteiger charge is 2.32. The van der Waals surface area contributed by atoms with E-state index in [-0.39, 0.29) is 16.8 Å². The molecule has 0 aliphatic carbocycles. The second-order valence-electron chi connectivity index (χ2n) is 5.06. The molecule has 1 heterocycles. The minimum atomic E-state index is -3.46. The molecule has 6 heteroatoms. The summed E-state index contributed by atoms with van der Waals surface area (Å²) in [6.45, 7) is 2.62. The highest BCUT2D eigenvalue weighted by molar-refractivity contribution is 7.89. The molecule has 0 bridgehead atoms. The Morgan fingerprint density at radius 3 is 2.70 bits per heavy atom. The third-order valence-corrected chi connectivity index (χ3v) is 6.41. The molecule has 1 aliphatic heterocycles. The molecule has 0 aromatic heterocycles. The van der Waals surface area contributed by atoms with Crippen molar-refractivity contribution in [3.05, 3.63) is 28.8 Å². The van der Waals surface area contributed by atoms with Gasteiger partial charge in [0.2, 0.25) is 10.0 Å². The van der Waals surface area contributed by atoms with E-state index in [1.165, 1.54) is 6.07 Å². The van der Waals surface area contributed by atoms with E-state index >= 15 is 0 Å². The number of hydrogen-bond donors (Lipinski definition) is 0. The Hall–Kier alpha value is -0.290. The number of hydrogen-bond acceptors (Lipinski definition) is 2. The summed E-state index contributed by atoms with van der Waals surface area (Å²) >= 11 is 11.8. The fourth-order valence-corrected chi connectivity index (χ4v) is 5.04. The molecule has 0 radical (unpaired) electrons. The molecule has 0 spiro atoms. The first kappa shape index (κ1) is 16.1. The van der Waals surface area contributed by atoms with Gasteiger partial charge in [0.05, 0.1) is 4.90 Å². The van der Waals surface area contributed by atoms with Crippen LogP contribution in [0.25, 0.3) is 0 Å². The van der Waals surface area contributed by atoms with Crippen molar-refractivity contribution in [2.24, 2.45) is 0 Å². The van der Waals surface area contributed by atoms with Gasteiger partial charge in [-0.05, 0) is 37.0 Å². The monoisotopic (exact) mass is 335 g/mol. The van der Waals surface area contributed by atoms with Crippen LogP contribution in [0.5, 0.6) is 0 Å². The molecule has 2 rings (SSSR count). The average molecular weight is 336 g/mol. The largest absolute Gasteiger partial charge is 0.243 e. The first-order chi connectivity index (χ1) is 9.50. The molecular formula is C14H19Cl2NO2S. The average Bonchev–Trinajstić information content (AvgIpc) is 2.47. The van der Waals surface area contributed by atoms with Crippen LogP contribution in [0.3, 0.4) is 0 Å². The number of benzene rings is 1. The van der Waals surface area contributed by atoms with E-state index < -0.39 is 10.0 Å². The highest BCUT2D eigenvalue weighted by atomic mass is 35.5. The van der Waals surface area contributed by atoms with Crippen LogP contribution in [-0.2, 0) is 15.9 Å². The highest BCUT2D eigenvalue weighted by Crippen LogP contribution is 2.29. The Morgan fingerprint density at radius 1 is 1.35 bits per heavy atom. The van der Waals surface area contributed by atoms with Crippen LogP contribution in [0.15, 0.2) is 23.1 Å². The van der Waals surface area contributed by atoms with Crippen LogP contribution in [0.4, 0.5) is 0 Å². The van der Waals surface area contributed by atoms with Crippen LogP contribution >= 0.6 is 23.2 Å². The van der Waals surface area contributed by atoms with Crippen LogP contribution < -0.4 is 0 Å². The van der Waals surface area contributed by atoms with E-state index in [0.29, 0.717) is 11.6 Å². The van der Waals surface area contributed by atoms with Gasteiger partial charge in [0.25, 0.3) is 0 Å². The molecule has 1 unspecified atom stereocenters. The lowest BCUT2D eigenvalue weighted by Crippen LogP contribution is -2.43. The van der Waals surface area contributed by atoms with Crippen LogP contribution in [0.1, 0.15) is 38.2 Å². The van der Waals surface area contributed by atoms with Crippen molar-refractivity contribution < 1.29 is 8.42 Å². The molecule has 1 aromatic rings. The van der Waals surface area contributed by atoms with Crippen LogP contribution in [-0.4, -0.2) is 25.3 Å². The first-order valence-corrected chi connectivity index (χ1v) is 9.22. The Morgan fingerprint density at radius 2 is 2.10 bits per heavy atom. The van der Waals surface area contributed by atoms with Crippen LogP contribution in [0, 0.1) is 0 Å². The molecule has 0 amide bonds. The van der Waals surface area contributed by atoms with Crippen LogP contribution in [0.2, 0.25) is 5.02 Å². The molecule has 20 heavy (non-hydrogen) atoms. The maximum atomic E-state index is 12.7. The molecule has 1 aromatic carbocycles. The number of piperidine rings is 1. The minimum absolute atomic E-state index is 0.0974. The van der Waals surface area contributed by atoms with E-state index in [2.05, 4.69) is 0 Å². The molecule has 1 aliphatic rings. The van der Waals surface area contributed by atoms with Gasteiger partial charge < -0.3 is 0 Å². The smallest absolute Gasteiger partial charge is 0.207 e. The maximum Gasteiger partial charge on any atom is 0.243 e. The van der Waals surface area contributed by atoms with E-state index in [1.54, 1.807) is 16.4 Å². The van der Waals surface area contributed by atoms with E-state index in [1.807, 2.05) is 6.92 Å². The zero-order valence-corrected chi connectivity index (χ0v) is 13.8. The lowest BCUT2D eigenvalue weighted by Gasteiger charge is -2.34. The van der Waals surface area contributed by atoms with Gasteiger partial charge in [-0.1, -0.05) is 31.0 Å². The third kappa shape index (κ3) is 3.14. The van der Waals surface area contributed by atoms with Gasteiger partial charge in [-0.15, -0.1) is 11.6 Å². The third-order valence-electron chi connectivity index (χ3n) is 3.82. The summed E-state index contributed by atoms with van der Waals surface area (Å²) < 4.78 is 27.1. The standard InChI is InChI=1S/C14H19Cl2NO2S/c1-2-12-5-3-4-8-17(12)20(18,19)13-7-6-11(10-15)14(16)9-13/h6-7,9,12H,2-5,8,10H2,1H3. The molecular weight excluding hydrogens is 317 g/mol. The number of halogens is 2. The molecule has 0 N–H and O–H groups in total. The molecule has 112 valence electrons. The molecule has 0 saturated carbocycles.